The van der Waals surface area contributed by atoms with Gasteiger partial charge in [0.1, 0.15) is 11.3 Å². The lowest BCUT2D eigenvalue weighted by Crippen LogP contribution is -2.30. The summed E-state index contributed by atoms with van der Waals surface area (Å²) in [4.78, 5) is 27.7. The predicted molar refractivity (Wildman–Crippen MR) is 84.0 cm³/mol. The molecule has 7 nitrogen and oxygen atoms in total. The van der Waals surface area contributed by atoms with Gasteiger partial charge in [-0.2, -0.15) is 0 Å². The van der Waals surface area contributed by atoms with Crippen molar-refractivity contribution < 1.29 is 28.8 Å². The van der Waals surface area contributed by atoms with Crippen molar-refractivity contribution in [3.05, 3.63) is 52.9 Å². The first-order chi connectivity index (χ1) is 11.5. The smallest absolute Gasteiger partial charge is 0.340 e. The highest BCUT2D eigenvalue weighted by Crippen LogP contribution is 2.40. The lowest BCUT2D eigenvalue weighted by Gasteiger charge is -2.28. The summed E-state index contributed by atoms with van der Waals surface area (Å²) in [7, 11) is 0. The van der Waals surface area contributed by atoms with E-state index in [0.29, 0.717) is 11.3 Å². The van der Waals surface area contributed by atoms with Crippen LogP contribution in [0.2, 0.25) is 0 Å². The molecule has 0 spiro atoms. The molecule has 1 aromatic rings. The second-order valence-electron chi connectivity index (χ2n) is 5.06. The van der Waals surface area contributed by atoms with E-state index in [4.69, 9.17) is 19.9 Å². The van der Waals surface area contributed by atoms with E-state index in [0.717, 1.165) is 0 Å². The van der Waals surface area contributed by atoms with E-state index in [1.807, 2.05) is 0 Å². The number of aromatic amines is 1. The molecule has 24 heavy (non-hydrogen) atoms. The van der Waals surface area contributed by atoms with E-state index < -0.39 is 17.9 Å². The largest absolute Gasteiger partial charge is 0.463 e. The number of carbonyl (C=O) groups excluding carboxylic acids is 2. The molecule has 2 rings (SSSR count). The number of rotatable bonds is 5. The minimum absolute atomic E-state index is 0.0724. The molecule has 1 atom stereocenters. The Hall–Kier alpha value is -2.83. The normalized spacial score (nSPS) is 17.4. The van der Waals surface area contributed by atoms with Gasteiger partial charge >= 0.3 is 11.9 Å². The summed E-state index contributed by atoms with van der Waals surface area (Å²) in [5.41, 5.74) is 6.96. The molecular formula is C17H21N2O5+. The maximum atomic E-state index is 12.4. The first-order valence-corrected chi connectivity index (χ1v) is 7.69. The van der Waals surface area contributed by atoms with Crippen molar-refractivity contribution in [1.29, 1.82) is 0 Å². The van der Waals surface area contributed by atoms with Crippen LogP contribution < -0.4 is 10.7 Å². The van der Waals surface area contributed by atoms with Crippen molar-refractivity contribution in [3.63, 3.8) is 0 Å². The maximum absolute atomic E-state index is 12.4. The van der Waals surface area contributed by atoms with E-state index in [1.165, 1.54) is 0 Å². The van der Waals surface area contributed by atoms with Gasteiger partial charge in [-0.15, -0.1) is 0 Å². The molecule has 1 unspecified atom stereocenters. The first kappa shape index (κ1) is 17.5. The van der Waals surface area contributed by atoms with Gasteiger partial charge in [0.2, 0.25) is 5.88 Å². The van der Waals surface area contributed by atoms with Gasteiger partial charge in [-0.1, -0.05) is 0 Å². The summed E-state index contributed by atoms with van der Waals surface area (Å²) >= 11 is 0. The van der Waals surface area contributed by atoms with Crippen LogP contribution in [-0.4, -0.2) is 25.2 Å². The number of hydrogen-bond donors (Lipinski definition) is 1. The van der Waals surface area contributed by atoms with Crippen molar-refractivity contribution >= 4 is 11.9 Å². The number of hydrogen-bond acceptors (Lipinski definition) is 6. The quantitative estimate of drug-likeness (QED) is 0.812. The molecule has 1 aliphatic rings. The summed E-state index contributed by atoms with van der Waals surface area (Å²) in [5, 5.41) is 0. The van der Waals surface area contributed by atoms with Gasteiger partial charge in [0, 0.05) is 12.1 Å². The van der Waals surface area contributed by atoms with Crippen LogP contribution in [0.1, 0.15) is 32.3 Å². The summed E-state index contributed by atoms with van der Waals surface area (Å²) in [6.07, 6.45) is 3.39. The lowest BCUT2D eigenvalue weighted by molar-refractivity contribution is -0.378. The monoisotopic (exact) mass is 333 g/mol. The molecule has 7 heteroatoms. The second kappa shape index (κ2) is 7.63. The Morgan fingerprint density at radius 1 is 1.12 bits per heavy atom. The minimum Gasteiger partial charge on any atom is -0.463 e. The Balaban J connectivity index is 2.59. The fourth-order valence-electron chi connectivity index (χ4n) is 2.59. The fraction of sp³-hybridized carbons (Fsp3) is 0.353. The van der Waals surface area contributed by atoms with Crippen molar-refractivity contribution in [2.24, 2.45) is 5.73 Å². The molecular weight excluding hydrogens is 312 g/mol. The van der Waals surface area contributed by atoms with Gasteiger partial charge in [-0.25, -0.2) is 14.6 Å². The summed E-state index contributed by atoms with van der Waals surface area (Å²) < 4.78 is 15.6. The number of nitrogens with two attached hydrogens (primary N) is 1. The topological polar surface area (TPSA) is 102 Å². The molecule has 0 saturated heterocycles. The average Bonchev–Trinajstić information content (AvgIpc) is 2.55. The Bertz CT molecular complexity index is 654. The van der Waals surface area contributed by atoms with Gasteiger partial charge in [-0.3, -0.25) is 0 Å². The van der Waals surface area contributed by atoms with E-state index in [-0.39, 0.29) is 30.2 Å². The molecule has 0 radical (unpaired) electrons. The molecule has 2 heterocycles. The van der Waals surface area contributed by atoms with Gasteiger partial charge in [-0.05, 0) is 26.3 Å². The van der Waals surface area contributed by atoms with Crippen LogP contribution in [0.5, 0.6) is 0 Å². The van der Waals surface area contributed by atoms with Crippen molar-refractivity contribution in [3.8, 4) is 0 Å². The number of carbonyl (C=O) groups is 2. The molecule has 1 aromatic heterocycles. The molecule has 0 aliphatic carbocycles. The van der Waals surface area contributed by atoms with Crippen molar-refractivity contribution in [1.82, 2.24) is 0 Å². The zero-order valence-corrected chi connectivity index (χ0v) is 13.9. The Labute approximate surface area is 140 Å². The Morgan fingerprint density at radius 3 is 2.21 bits per heavy atom. The SMILES string of the molecule is CCOC(=O)C1=C(C)OC(N)=C(C(=O)OCC)C1c1cc[nH+]cc1. The first-order valence-electron chi connectivity index (χ1n) is 7.69. The summed E-state index contributed by atoms with van der Waals surface area (Å²) in [5.74, 6) is -1.66. The lowest BCUT2D eigenvalue weighted by atomic mass is 9.83. The standard InChI is InChI=1S/C17H20N2O5/c1-4-22-16(20)12-10(3)24-15(18)14(17(21)23-5-2)13(12)11-6-8-19-9-7-11/h6-9,13H,4-5,18H2,1-3H3/p+1. The van der Waals surface area contributed by atoms with Gasteiger partial charge in [0.05, 0.1) is 24.7 Å². The van der Waals surface area contributed by atoms with E-state index in [1.54, 1.807) is 45.3 Å². The van der Waals surface area contributed by atoms with Gasteiger partial charge in [0.15, 0.2) is 12.4 Å². The summed E-state index contributed by atoms with van der Waals surface area (Å²) in [6, 6.07) is 3.52. The molecule has 0 fully saturated rings. The third-order valence-corrected chi connectivity index (χ3v) is 3.55. The third-order valence-electron chi connectivity index (χ3n) is 3.55. The Morgan fingerprint density at radius 2 is 1.67 bits per heavy atom. The number of nitrogens with one attached hydrogen (secondary N) is 1. The maximum Gasteiger partial charge on any atom is 0.340 e. The number of pyridine rings is 1. The van der Waals surface area contributed by atoms with Crippen LogP contribution >= 0.6 is 0 Å². The third kappa shape index (κ3) is 3.40. The number of ether oxygens (including phenoxy) is 3. The number of H-pyrrole nitrogens is 1. The molecule has 3 N–H and O–H groups in total. The van der Waals surface area contributed by atoms with Crippen LogP contribution in [-0.2, 0) is 23.8 Å². The molecule has 0 bridgehead atoms. The highest BCUT2D eigenvalue weighted by molar-refractivity contribution is 5.99. The molecule has 128 valence electrons. The van der Waals surface area contributed by atoms with E-state index >= 15 is 0 Å². The molecule has 1 aliphatic heterocycles. The van der Waals surface area contributed by atoms with Crippen LogP contribution in [0, 0.1) is 0 Å². The van der Waals surface area contributed by atoms with Crippen LogP contribution in [0.4, 0.5) is 0 Å². The predicted octanol–water partition coefficient (Wildman–Crippen LogP) is 1.18. The molecule has 0 saturated carbocycles. The zero-order valence-electron chi connectivity index (χ0n) is 13.9. The minimum atomic E-state index is -0.716. The number of esters is 2. The second-order valence-corrected chi connectivity index (χ2v) is 5.06. The van der Waals surface area contributed by atoms with Crippen LogP contribution in [0.3, 0.4) is 0 Å². The van der Waals surface area contributed by atoms with E-state index in [9.17, 15) is 9.59 Å². The Kier molecular flexibility index (Phi) is 5.57. The molecule has 0 aromatic carbocycles. The van der Waals surface area contributed by atoms with Crippen LogP contribution in [0.25, 0.3) is 0 Å². The fourth-order valence-corrected chi connectivity index (χ4v) is 2.59. The van der Waals surface area contributed by atoms with Crippen molar-refractivity contribution in [2.75, 3.05) is 13.2 Å². The van der Waals surface area contributed by atoms with Gasteiger partial charge in [0.25, 0.3) is 0 Å². The zero-order chi connectivity index (χ0) is 17.7. The van der Waals surface area contributed by atoms with Crippen LogP contribution in [0.15, 0.2) is 47.3 Å². The van der Waals surface area contributed by atoms with Gasteiger partial charge < -0.3 is 19.9 Å². The highest BCUT2D eigenvalue weighted by atomic mass is 16.5. The van der Waals surface area contributed by atoms with Crippen molar-refractivity contribution in [2.45, 2.75) is 26.7 Å². The number of allylic oxidation sites excluding steroid dienone is 1. The van der Waals surface area contributed by atoms with E-state index in [2.05, 4.69) is 4.98 Å². The average molecular weight is 333 g/mol. The molecule has 0 amide bonds. The number of aromatic nitrogens is 1. The highest BCUT2D eigenvalue weighted by Gasteiger charge is 2.40. The summed E-state index contributed by atoms with van der Waals surface area (Å²) in [6.45, 7) is 5.41.